The number of nitrogens with one attached hydrogen (secondary N) is 1. The highest BCUT2D eigenvalue weighted by atomic mass is 16.7. The molecule has 0 aromatic heterocycles. The molecule has 1 aromatic rings. The summed E-state index contributed by atoms with van der Waals surface area (Å²) in [6.45, 7) is 3.40. The average molecular weight is 290 g/mol. The number of nitrogens with zero attached hydrogens (tertiary/aromatic N) is 1. The maximum atomic E-state index is 10.1. The van der Waals surface area contributed by atoms with Gasteiger partial charge in [-0.2, -0.15) is 0 Å². The number of phenols is 1. The lowest BCUT2D eigenvalue weighted by molar-refractivity contribution is 0.166. The van der Waals surface area contributed by atoms with Gasteiger partial charge in [-0.3, -0.25) is 0 Å². The van der Waals surface area contributed by atoms with Gasteiger partial charge in [0, 0.05) is 30.3 Å². The van der Waals surface area contributed by atoms with E-state index in [1.165, 1.54) is 38.8 Å². The van der Waals surface area contributed by atoms with E-state index in [-0.39, 0.29) is 12.5 Å². The molecule has 21 heavy (non-hydrogen) atoms. The minimum Gasteiger partial charge on any atom is -0.507 e. The van der Waals surface area contributed by atoms with Crippen molar-refractivity contribution in [2.75, 3.05) is 19.9 Å². The lowest BCUT2D eigenvalue weighted by Crippen LogP contribution is -2.45. The molecule has 3 aliphatic heterocycles. The van der Waals surface area contributed by atoms with Crippen LogP contribution in [0.3, 0.4) is 0 Å². The van der Waals surface area contributed by atoms with E-state index in [1.54, 1.807) is 6.07 Å². The summed E-state index contributed by atoms with van der Waals surface area (Å²) < 4.78 is 10.6. The van der Waals surface area contributed by atoms with Crippen LogP contribution in [0.15, 0.2) is 12.1 Å². The normalized spacial score (nSPS) is 27.8. The van der Waals surface area contributed by atoms with E-state index in [1.807, 2.05) is 6.07 Å². The second kappa shape index (κ2) is 5.39. The molecule has 0 aliphatic carbocycles. The largest absolute Gasteiger partial charge is 0.507 e. The first-order valence-corrected chi connectivity index (χ1v) is 7.88. The van der Waals surface area contributed by atoms with Crippen LogP contribution in [-0.2, 0) is 6.54 Å². The van der Waals surface area contributed by atoms with Crippen molar-refractivity contribution >= 4 is 0 Å². The van der Waals surface area contributed by atoms with Crippen molar-refractivity contribution in [3.8, 4) is 17.2 Å². The van der Waals surface area contributed by atoms with Crippen molar-refractivity contribution in [1.29, 1.82) is 0 Å². The Labute approximate surface area is 124 Å². The lowest BCUT2D eigenvalue weighted by atomic mass is 9.97. The van der Waals surface area contributed by atoms with Crippen LogP contribution >= 0.6 is 0 Å². The van der Waals surface area contributed by atoms with Crippen molar-refractivity contribution in [1.82, 2.24) is 10.2 Å². The Kier molecular flexibility index (Phi) is 3.39. The second-order valence-corrected chi connectivity index (χ2v) is 6.27. The molecular formula is C16H22N2O3. The predicted molar refractivity (Wildman–Crippen MR) is 78.7 cm³/mol. The Morgan fingerprint density at radius 3 is 2.95 bits per heavy atom. The van der Waals surface area contributed by atoms with E-state index in [2.05, 4.69) is 10.2 Å². The molecule has 0 radical (unpaired) electrons. The van der Waals surface area contributed by atoms with Gasteiger partial charge in [0.15, 0.2) is 11.5 Å². The molecule has 3 aliphatic rings. The third-order valence-corrected chi connectivity index (χ3v) is 4.98. The van der Waals surface area contributed by atoms with Crippen molar-refractivity contribution in [3.05, 3.63) is 17.7 Å². The van der Waals surface area contributed by atoms with Crippen LogP contribution in [0, 0.1) is 0 Å². The van der Waals surface area contributed by atoms with E-state index in [0.29, 0.717) is 18.3 Å². The van der Waals surface area contributed by atoms with Crippen LogP contribution in [0.25, 0.3) is 0 Å². The molecule has 0 spiro atoms. The molecule has 1 aromatic carbocycles. The second-order valence-electron chi connectivity index (χ2n) is 6.27. The minimum atomic E-state index is 0.242. The van der Waals surface area contributed by atoms with Gasteiger partial charge < -0.3 is 24.8 Å². The first-order chi connectivity index (χ1) is 10.3. The van der Waals surface area contributed by atoms with Crippen LogP contribution in [0.5, 0.6) is 17.2 Å². The van der Waals surface area contributed by atoms with E-state index in [9.17, 15) is 5.11 Å². The van der Waals surface area contributed by atoms with E-state index in [4.69, 9.17) is 9.47 Å². The molecule has 2 unspecified atom stereocenters. The van der Waals surface area contributed by atoms with Gasteiger partial charge in [0.2, 0.25) is 6.79 Å². The molecule has 5 nitrogen and oxygen atoms in total. The predicted octanol–water partition coefficient (Wildman–Crippen LogP) is 1.84. The summed E-state index contributed by atoms with van der Waals surface area (Å²) in [5.41, 5.74) is 0.883. The number of benzene rings is 1. The molecule has 2 N–H and O–H groups in total. The molecule has 0 bridgehead atoms. The van der Waals surface area contributed by atoms with Crippen LogP contribution < -0.4 is 14.8 Å². The molecule has 4 rings (SSSR count). The van der Waals surface area contributed by atoms with Gasteiger partial charge in [0.05, 0.1) is 0 Å². The number of hydrogen-bond donors (Lipinski definition) is 2. The Hall–Kier alpha value is -1.46. The summed E-state index contributed by atoms with van der Waals surface area (Å²) in [5, 5.41) is 13.7. The minimum absolute atomic E-state index is 0.242. The maximum absolute atomic E-state index is 10.1. The summed E-state index contributed by atoms with van der Waals surface area (Å²) in [7, 11) is 0. The number of piperidine rings is 1. The monoisotopic (exact) mass is 290 g/mol. The Bertz CT molecular complexity index is 534. The molecule has 2 saturated heterocycles. The summed E-state index contributed by atoms with van der Waals surface area (Å²) in [4.78, 5) is 2.62. The molecule has 0 amide bonds. The van der Waals surface area contributed by atoms with Gasteiger partial charge in [-0.05, 0) is 44.8 Å². The quantitative estimate of drug-likeness (QED) is 0.889. The third-order valence-electron chi connectivity index (χ3n) is 4.98. The molecule has 5 heteroatoms. The van der Waals surface area contributed by atoms with Gasteiger partial charge in [0.1, 0.15) is 5.75 Å². The highest BCUT2D eigenvalue weighted by Gasteiger charge is 2.31. The molecule has 114 valence electrons. The van der Waals surface area contributed by atoms with E-state index >= 15 is 0 Å². The lowest BCUT2D eigenvalue weighted by Gasteiger charge is -2.35. The van der Waals surface area contributed by atoms with Crippen molar-refractivity contribution in [2.24, 2.45) is 0 Å². The van der Waals surface area contributed by atoms with Gasteiger partial charge >= 0.3 is 0 Å². The zero-order chi connectivity index (χ0) is 14.2. The highest BCUT2D eigenvalue weighted by Crippen LogP contribution is 2.37. The maximum Gasteiger partial charge on any atom is 0.231 e. The van der Waals surface area contributed by atoms with Gasteiger partial charge in [-0.1, -0.05) is 0 Å². The zero-order valence-electron chi connectivity index (χ0n) is 12.2. The molecule has 0 saturated carbocycles. The summed E-state index contributed by atoms with van der Waals surface area (Å²) in [6, 6.07) is 4.85. The van der Waals surface area contributed by atoms with Crippen molar-refractivity contribution in [3.63, 3.8) is 0 Å². The van der Waals surface area contributed by atoms with E-state index < -0.39 is 0 Å². The first-order valence-electron chi connectivity index (χ1n) is 7.88. The van der Waals surface area contributed by atoms with Gasteiger partial charge in [-0.25, -0.2) is 0 Å². The fraction of sp³-hybridized carbons (Fsp3) is 0.625. The van der Waals surface area contributed by atoms with Crippen LogP contribution in [-0.4, -0.2) is 42.0 Å². The zero-order valence-corrected chi connectivity index (χ0v) is 12.2. The topological polar surface area (TPSA) is 54.0 Å². The van der Waals surface area contributed by atoms with Crippen molar-refractivity contribution in [2.45, 2.75) is 44.3 Å². The highest BCUT2D eigenvalue weighted by molar-refractivity contribution is 5.51. The fourth-order valence-corrected chi connectivity index (χ4v) is 3.78. The van der Waals surface area contributed by atoms with E-state index in [0.717, 1.165) is 17.4 Å². The van der Waals surface area contributed by atoms with Crippen LogP contribution in [0.1, 0.15) is 31.2 Å². The van der Waals surface area contributed by atoms with Crippen molar-refractivity contribution < 1.29 is 14.6 Å². The Balaban J connectivity index is 1.38. The number of phenolic OH excluding ortho intramolecular Hbond substituents is 1. The number of hydrogen-bond acceptors (Lipinski definition) is 5. The number of ether oxygens (including phenoxy) is 2. The SMILES string of the molecule is Oc1cc2c(cc1CNC1CCN3CCCC3C1)OCO2. The third kappa shape index (κ3) is 2.56. The first kappa shape index (κ1) is 13.2. The molecule has 3 heterocycles. The summed E-state index contributed by atoms with van der Waals surface area (Å²) >= 11 is 0. The van der Waals surface area contributed by atoms with Gasteiger partial charge in [0.25, 0.3) is 0 Å². The fourth-order valence-electron chi connectivity index (χ4n) is 3.78. The molecule has 2 atom stereocenters. The molecular weight excluding hydrogens is 268 g/mol. The Morgan fingerprint density at radius 2 is 2.05 bits per heavy atom. The van der Waals surface area contributed by atoms with Crippen LogP contribution in [0.4, 0.5) is 0 Å². The summed E-state index contributed by atoms with van der Waals surface area (Å²) in [6.07, 6.45) is 5.11. The number of rotatable bonds is 3. The van der Waals surface area contributed by atoms with Gasteiger partial charge in [-0.15, -0.1) is 0 Å². The standard InChI is InChI=1S/C16H22N2O3/c19-14-8-16-15(20-10-21-16)6-11(14)9-17-12-3-5-18-4-1-2-13(18)7-12/h6,8,12-13,17,19H,1-5,7,9-10H2. The smallest absolute Gasteiger partial charge is 0.231 e. The average Bonchev–Trinajstić information content (AvgIpc) is 3.12. The molecule has 2 fully saturated rings. The van der Waals surface area contributed by atoms with Crippen LogP contribution in [0.2, 0.25) is 0 Å². The number of fused-ring (bicyclic) bond motifs is 2. The number of aromatic hydroxyl groups is 1. The Morgan fingerprint density at radius 1 is 1.19 bits per heavy atom. The summed E-state index contributed by atoms with van der Waals surface area (Å²) in [5.74, 6) is 1.65.